The Morgan fingerprint density at radius 2 is 2.19 bits per heavy atom. The van der Waals surface area contributed by atoms with Gasteiger partial charge in [0.25, 0.3) is 0 Å². The van der Waals surface area contributed by atoms with Crippen molar-refractivity contribution in [1.29, 1.82) is 0 Å². The van der Waals surface area contributed by atoms with Gasteiger partial charge in [0.15, 0.2) is 0 Å². The molecule has 1 N–H and O–H groups in total. The minimum atomic E-state index is -0.0733. The van der Waals surface area contributed by atoms with E-state index in [0.717, 1.165) is 24.5 Å². The molecule has 1 unspecified atom stereocenters. The number of morpholine rings is 1. The minimum Gasteiger partial charge on any atom is -0.497 e. The normalized spacial score (nSPS) is 20.9. The zero-order valence-corrected chi connectivity index (χ0v) is 9.43. The van der Waals surface area contributed by atoms with Crippen LogP contribution in [-0.4, -0.2) is 44.6 Å². The standard InChI is InChI=1S/C12H17NO3/c1-15-11-4-2-10(3-5-11)13-6-7-16-12(8-13)9-14/h2-5,12,14H,6-9H2,1H3. The van der Waals surface area contributed by atoms with Gasteiger partial charge in [-0.15, -0.1) is 0 Å². The number of benzene rings is 1. The second-order valence-corrected chi connectivity index (χ2v) is 3.82. The van der Waals surface area contributed by atoms with Crippen molar-refractivity contribution < 1.29 is 14.6 Å². The number of hydrogen-bond donors (Lipinski definition) is 1. The number of aliphatic hydroxyl groups is 1. The Kier molecular flexibility index (Phi) is 3.64. The van der Waals surface area contributed by atoms with E-state index in [0.29, 0.717) is 6.61 Å². The number of anilines is 1. The summed E-state index contributed by atoms with van der Waals surface area (Å²) in [6.07, 6.45) is -0.0733. The Hall–Kier alpha value is -1.26. The molecule has 0 saturated carbocycles. The molecule has 16 heavy (non-hydrogen) atoms. The number of aliphatic hydroxyl groups excluding tert-OH is 1. The van der Waals surface area contributed by atoms with Crippen LogP contribution in [0.5, 0.6) is 5.75 Å². The van der Waals surface area contributed by atoms with E-state index in [1.807, 2.05) is 24.3 Å². The van der Waals surface area contributed by atoms with E-state index in [9.17, 15) is 0 Å². The van der Waals surface area contributed by atoms with Crippen molar-refractivity contribution in [2.75, 3.05) is 38.3 Å². The molecule has 4 heteroatoms. The Balaban J connectivity index is 2.05. The Bertz CT molecular complexity index is 326. The van der Waals surface area contributed by atoms with Crippen molar-refractivity contribution in [3.05, 3.63) is 24.3 Å². The van der Waals surface area contributed by atoms with E-state index in [1.54, 1.807) is 7.11 Å². The van der Waals surface area contributed by atoms with Crippen LogP contribution in [-0.2, 0) is 4.74 Å². The van der Waals surface area contributed by atoms with E-state index in [1.165, 1.54) is 0 Å². The van der Waals surface area contributed by atoms with Gasteiger partial charge in [-0.05, 0) is 24.3 Å². The first-order valence-electron chi connectivity index (χ1n) is 5.45. The van der Waals surface area contributed by atoms with E-state index in [-0.39, 0.29) is 12.7 Å². The molecule has 1 saturated heterocycles. The maximum atomic E-state index is 9.07. The summed E-state index contributed by atoms with van der Waals surface area (Å²) in [5, 5.41) is 9.07. The van der Waals surface area contributed by atoms with E-state index < -0.39 is 0 Å². The van der Waals surface area contributed by atoms with Crippen molar-refractivity contribution in [1.82, 2.24) is 0 Å². The van der Waals surface area contributed by atoms with Gasteiger partial charge in [-0.25, -0.2) is 0 Å². The third-order valence-electron chi connectivity index (χ3n) is 2.78. The number of ether oxygens (including phenoxy) is 2. The van der Waals surface area contributed by atoms with Gasteiger partial charge < -0.3 is 19.5 Å². The molecular formula is C12H17NO3. The van der Waals surface area contributed by atoms with Gasteiger partial charge in [0.05, 0.1) is 26.4 Å². The third kappa shape index (κ3) is 2.46. The molecule has 0 bridgehead atoms. The van der Waals surface area contributed by atoms with Gasteiger partial charge in [0, 0.05) is 18.8 Å². The molecule has 0 amide bonds. The number of hydrogen-bond acceptors (Lipinski definition) is 4. The molecule has 1 aliphatic rings. The molecule has 88 valence electrons. The van der Waals surface area contributed by atoms with Gasteiger partial charge >= 0.3 is 0 Å². The zero-order valence-electron chi connectivity index (χ0n) is 9.43. The molecule has 0 radical (unpaired) electrons. The fourth-order valence-corrected chi connectivity index (χ4v) is 1.86. The molecular weight excluding hydrogens is 206 g/mol. The van der Waals surface area contributed by atoms with Crippen molar-refractivity contribution >= 4 is 5.69 Å². The summed E-state index contributed by atoms with van der Waals surface area (Å²) in [5.41, 5.74) is 1.14. The summed E-state index contributed by atoms with van der Waals surface area (Å²) in [4.78, 5) is 2.21. The topological polar surface area (TPSA) is 41.9 Å². The van der Waals surface area contributed by atoms with Crippen LogP contribution in [0.25, 0.3) is 0 Å². The van der Waals surface area contributed by atoms with Crippen LogP contribution in [0, 0.1) is 0 Å². The van der Waals surface area contributed by atoms with Gasteiger partial charge in [-0.3, -0.25) is 0 Å². The third-order valence-corrected chi connectivity index (χ3v) is 2.78. The van der Waals surface area contributed by atoms with Crippen LogP contribution in [0.4, 0.5) is 5.69 Å². The monoisotopic (exact) mass is 223 g/mol. The highest BCUT2D eigenvalue weighted by Crippen LogP contribution is 2.21. The smallest absolute Gasteiger partial charge is 0.119 e. The molecule has 1 aliphatic heterocycles. The molecule has 1 heterocycles. The lowest BCUT2D eigenvalue weighted by Gasteiger charge is -2.33. The molecule has 4 nitrogen and oxygen atoms in total. The fourth-order valence-electron chi connectivity index (χ4n) is 1.86. The molecule has 0 aromatic heterocycles. The first kappa shape index (κ1) is 11.2. The number of rotatable bonds is 3. The van der Waals surface area contributed by atoms with Crippen LogP contribution < -0.4 is 9.64 Å². The summed E-state index contributed by atoms with van der Waals surface area (Å²) in [5.74, 6) is 0.857. The highest BCUT2D eigenvalue weighted by molar-refractivity contribution is 5.49. The summed E-state index contributed by atoms with van der Waals surface area (Å²) < 4.78 is 10.5. The van der Waals surface area contributed by atoms with Gasteiger partial charge in [0.2, 0.25) is 0 Å². The summed E-state index contributed by atoms with van der Waals surface area (Å²) in [6, 6.07) is 7.94. The molecule has 0 spiro atoms. The maximum Gasteiger partial charge on any atom is 0.119 e. The van der Waals surface area contributed by atoms with Crippen molar-refractivity contribution in [2.45, 2.75) is 6.10 Å². The predicted octanol–water partition coefficient (Wildman–Crippen LogP) is 0.893. The average molecular weight is 223 g/mol. The summed E-state index contributed by atoms with van der Waals surface area (Å²) >= 11 is 0. The van der Waals surface area contributed by atoms with E-state index in [2.05, 4.69) is 4.90 Å². The average Bonchev–Trinajstić information content (AvgIpc) is 2.39. The minimum absolute atomic E-state index is 0.0733. The van der Waals surface area contributed by atoms with Gasteiger partial charge in [0.1, 0.15) is 5.75 Å². The lowest BCUT2D eigenvalue weighted by Crippen LogP contribution is -2.44. The quantitative estimate of drug-likeness (QED) is 0.826. The molecule has 1 fully saturated rings. The Morgan fingerprint density at radius 1 is 1.44 bits per heavy atom. The van der Waals surface area contributed by atoms with Crippen molar-refractivity contribution in [3.8, 4) is 5.75 Å². The SMILES string of the molecule is COc1ccc(N2CCOC(CO)C2)cc1. The van der Waals surface area contributed by atoms with E-state index in [4.69, 9.17) is 14.6 Å². The predicted molar refractivity (Wildman–Crippen MR) is 62.0 cm³/mol. The van der Waals surface area contributed by atoms with Crippen molar-refractivity contribution in [2.24, 2.45) is 0 Å². The van der Waals surface area contributed by atoms with Crippen LogP contribution >= 0.6 is 0 Å². The molecule has 2 rings (SSSR count). The lowest BCUT2D eigenvalue weighted by atomic mass is 10.2. The van der Waals surface area contributed by atoms with Crippen LogP contribution in [0.1, 0.15) is 0 Å². The maximum absolute atomic E-state index is 9.07. The zero-order chi connectivity index (χ0) is 11.4. The van der Waals surface area contributed by atoms with Gasteiger partial charge in [-0.2, -0.15) is 0 Å². The van der Waals surface area contributed by atoms with Crippen LogP contribution in [0.15, 0.2) is 24.3 Å². The molecule has 1 aromatic carbocycles. The van der Waals surface area contributed by atoms with Crippen LogP contribution in [0.3, 0.4) is 0 Å². The summed E-state index contributed by atoms with van der Waals surface area (Å²) in [7, 11) is 1.66. The Labute approximate surface area is 95.4 Å². The number of methoxy groups -OCH3 is 1. The molecule has 1 atom stereocenters. The first-order valence-corrected chi connectivity index (χ1v) is 5.45. The molecule has 0 aliphatic carbocycles. The first-order chi connectivity index (χ1) is 7.83. The fraction of sp³-hybridized carbons (Fsp3) is 0.500. The second kappa shape index (κ2) is 5.18. The van der Waals surface area contributed by atoms with Crippen molar-refractivity contribution in [3.63, 3.8) is 0 Å². The van der Waals surface area contributed by atoms with E-state index >= 15 is 0 Å². The van der Waals surface area contributed by atoms with Crippen LogP contribution in [0.2, 0.25) is 0 Å². The lowest BCUT2D eigenvalue weighted by molar-refractivity contribution is 0.00357. The highest BCUT2D eigenvalue weighted by atomic mass is 16.5. The highest BCUT2D eigenvalue weighted by Gasteiger charge is 2.19. The second-order valence-electron chi connectivity index (χ2n) is 3.82. The largest absolute Gasteiger partial charge is 0.497 e. The Morgan fingerprint density at radius 3 is 2.81 bits per heavy atom. The summed E-state index contributed by atoms with van der Waals surface area (Å²) in [6.45, 7) is 2.34. The van der Waals surface area contributed by atoms with Gasteiger partial charge in [-0.1, -0.05) is 0 Å². The number of nitrogens with zero attached hydrogens (tertiary/aromatic N) is 1. The molecule has 1 aromatic rings.